The van der Waals surface area contributed by atoms with Crippen LogP contribution in [0, 0.1) is 5.41 Å². The van der Waals surface area contributed by atoms with Crippen molar-refractivity contribution in [2.24, 2.45) is 16.9 Å². The van der Waals surface area contributed by atoms with Crippen LogP contribution in [0.5, 0.6) is 0 Å². The molecule has 0 aromatic carbocycles. The lowest BCUT2D eigenvalue weighted by molar-refractivity contribution is 0.155. The van der Waals surface area contributed by atoms with Crippen LogP contribution in [0.25, 0.3) is 0 Å². The fraction of sp³-hybridized carbons (Fsp3) is 1.00. The highest BCUT2D eigenvalue weighted by molar-refractivity contribution is 4.91. The first-order chi connectivity index (χ1) is 5.56. The van der Waals surface area contributed by atoms with Crippen molar-refractivity contribution in [1.29, 1.82) is 0 Å². The summed E-state index contributed by atoms with van der Waals surface area (Å²) in [6, 6.07) is 0.311. The van der Waals surface area contributed by atoms with Gasteiger partial charge in [0.1, 0.15) is 0 Å². The third-order valence-corrected chi connectivity index (χ3v) is 3.37. The molecule has 0 aromatic heterocycles. The van der Waals surface area contributed by atoms with E-state index < -0.39 is 0 Å². The maximum atomic E-state index is 6.10. The molecule has 1 aliphatic carbocycles. The maximum absolute atomic E-state index is 6.10. The summed E-state index contributed by atoms with van der Waals surface area (Å²) in [6.07, 6.45) is 6.56. The molecule has 12 heavy (non-hydrogen) atoms. The Kier molecular flexibility index (Phi) is 3.13. The first-order valence-electron chi connectivity index (χ1n) is 5.07. The van der Waals surface area contributed by atoms with Crippen LogP contribution in [0.15, 0.2) is 0 Å². The van der Waals surface area contributed by atoms with Gasteiger partial charge in [-0.05, 0) is 25.2 Å². The minimum atomic E-state index is 0.132. The predicted octanol–water partition coefficient (Wildman–Crippen LogP) is 1.63. The first-order valence-corrected chi connectivity index (χ1v) is 5.07. The molecule has 0 aromatic rings. The second kappa shape index (κ2) is 3.75. The predicted molar refractivity (Wildman–Crippen MR) is 52.8 cm³/mol. The zero-order valence-electron chi connectivity index (χ0n) is 8.34. The van der Waals surface area contributed by atoms with Gasteiger partial charge in [-0.2, -0.15) is 0 Å². The van der Waals surface area contributed by atoms with E-state index in [0.717, 1.165) is 0 Å². The van der Waals surface area contributed by atoms with Crippen LogP contribution >= 0.6 is 0 Å². The van der Waals surface area contributed by atoms with Crippen LogP contribution in [0.4, 0.5) is 0 Å². The molecule has 2 atom stereocenters. The van der Waals surface area contributed by atoms with Crippen molar-refractivity contribution in [2.75, 3.05) is 0 Å². The molecule has 1 aliphatic rings. The molecular formula is C10H22N2. The molecule has 0 aliphatic heterocycles. The molecule has 0 heterocycles. The van der Waals surface area contributed by atoms with E-state index in [0.29, 0.717) is 5.41 Å². The van der Waals surface area contributed by atoms with Gasteiger partial charge in [-0.15, -0.1) is 0 Å². The second-order valence-corrected chi connectivity index (χ2v) is 4.60. The van der Waals surface area contributed by atoms with Gasteiger partial charge in [0.15, 0.2) is 0 Å². The molecule has 0 spiro atoms. The van der Waals surface area contributed by atoms with Crippen molar-refractivity contribution >= 4 is 0 Å². The summed E-state index contributed by atoms with van der Waals surface area (Å²) in [5, 5.41) is 0. The summed E-state index contributed by atoms with van der Waals surface area (Å²) in [7, 11) is 0. The molecule has 1 fully saturated rings. The van der Waals surface area contributed by atoms with E-state index in [1.807, 2.05) is 6.92 Å². The Bertz CT molecular complexity index is 137. The molecule has 1 saturated carbocycles. The average molecular weight is 170 g/mol. The molecule has 0 bridgehead atoms. The zero-order chi connectivity index (χ0) is 9.19. The van der Waals surface area contributed by atoms with Gasteiger partial charge in [0, 0.05) is 12.1 Å². The minimum absolute atomic E-state index is 0.132. The molecule has 0 amide bonds. The Morgan fingerprint density at radius 2 is 1.58 bits per heavy atom. The smallest absolute Gasteiger partial charge is 0.0244 e. The standard InChI is InChI=1S/C10H22N2/c1-8(11)9(12)10(2)6-4-3-5-7-10/h8-9H,3-7,11-12H2,1-2H3. The van der Waals surface area contributed by atoms with Crippen molar-refractivity contribution in [1.82, 2.24) is 0 Å². The third kappa shape index (κ3) is 1.99. The molecule has 1 rings (SSSR count). The monoisotopic (exact) mass is 170 g/mol. The van der Waals surface area contributed by atoms with Crippen LogP contribution in [-0.2, 0) is 0 Å². The van der Waals surface area contributed by atoms with Crippen molar-refractivity contribution < 1.29 is 0 Å². The van der Waals surface area contributed by atoms with Gasteiger partial charge in [-0.3, -0.25) is 0 Å². The molecule has 72 valence electrons. The van der Waals surface area contributed by atoms with Gasteiger partial charge in [-0.1, -0.05) is 26.2 Å². The highest BCUT2D eigenvalue weighted by Gasteiger charge is 2.34. The average Bonchev–Trinajstić information content (AvgIpc) is 2.04. The Balaban J connectivity index is 2.56. The number of hydrogen-bond acceptors (Lipinski definition) is 2. The molecule has 0 saturated heterocycles. The first kappa shape index (κ1) is 10.0. The largest absolute Gasteiger partial charge is 0.327 e. The summed E-state index contributed by atoms with van der Waals surface area (Å²) >= 11 is 0. The van der Waals surface area contributed by atoms with Gasteiger partial charge >= 0.3 is 0 Å². The second-order valence-electron chi connectivity index (χ2n) is 4.60. The van der Waals surface area contributed by atoms with Crippen molar-refractivity contribution in [2.45, 2.75) is 58.0 Å². The van der Waals surface area contributed by atoms with Crippen LogP contribution in [0.3, 0.4) is 0 Å². The van der Waals surface area contributed by atoms with Gasteiger partial charge in [-0.25, -0.2) is 0 Å². The molecule has 2 unspecified atom stereocenters. The van der Waals surface area contributed by atoms with Crippen LogP contribution in [0.2, 0.25) is 0 Å². The van der Waals surface area contributed by atoms with E-state index in [2.05, 4.69) is 6.92 Å². The molecule has 2 nitrogen and oxygen atoms in total. The van der Waals surface area contributed by atoms with Gasteiger partial charge in [0.2, 0.25) is 0 Å². The number of hydrogen-bond donors (Lipinski definition) is 2. The van der Waals surface area contributed by atoms with E-state index >= 15 is 0 Å². The third-order valence-electron chi connectivity index (χ3n) is 3.37. The van der Waals surface area contributed by atoms with Crippen molar-refractivity contribution in [3.63, 3.8) is 0 Å². The highest BCUT2D eigenvalue weighted by atomic mass is 14.8. The van der Waals surface area contributed by atoms with E-state index in [9.17, 15) is 0 Å². The lowest BCUT2D eigenvalue weighted by Gasteiger charge is -2.40. The van der Waals surface area contributed by atoms with E-state index in [4.69, 9.17) is 11.5 Å². The SMILES string of the molecule is CC(N)C(N)C1(C)CCCCC1. The summed E-state index contributed by atoms with van der Waals surface area (Å²) in [5.41, 5.74) is 12.2. The lowest BCUT2D eigenvalue weighted by Crippen LogP contribution is -2.51. The summed E-state index contributed by atoms with van der Waals surface area (Å²) in [6.45, 7) is 4.31. The van der Waals surface area contributed by atoms with E-state index in [1.165, 1.54) is 32.1 Å². The Morgan fingerprint density at radius 3 is 2.00 bits per heavy atom. The van der Waals surface area contributed by atoms with E-state index in [1.54, 1.807) is 0 Å². The van der Waals surface area contributed by atoms with E-state index in [-0.39, 0.29) is 12.1 Å². The van der Waals surface area contributed by atoms with Gasteiger partial charge in [0.25, 0.3) is 0 Å². The fourth-order valence-corrected chi connectivity index (χ4v) is 2.33. The molecule has 0 radical (unpaired) electrons. The molecular weight excluding hydrogens is 148 g/mol. The Morgan fingerprint density at radius 1 is 1.08 bits per heavy atom. The summed E-state index contributed by atoms with van der Waals surface area (Å²) < 4.78 is 0. The molecule has 4 N–H and O–H groups in total. The summed E-state index contributed by atoms with van der Waals surface area (Å²) in [5.74, 6) is 0. The number of rotatable bonds is 2. The fourth-order valence-electron chi connectivity index (χ4n) is 2.33. The quantitative estimate of drug-likeness (QED) is 0.662. The highest BCUT2D eigenvalue weighted by Crippen LogP contribution is 2.38. The Labute approximate surface area is 75.7 Å². The topological polar surface area (TPSA) is 52.0 Å². The van der Waals surface area contributed by atoms with Crippen molar-refractivity contribution in [3.8, 4) is 0 Å². The minimum Gasteiger partial charge on any atom is -0.327 e. The summed E-state index contributed by atoms with van der Waals surface area (Å²) in [4.78, 5) is 0. The van der Waals surface area contributed by atoms with Gasteiger partial charge < -0.3 is 11.5 Å². The Hall–Kier alpha value is -0.0800. The van der Waals surface area contributed by atoms with Gasteiger partial charge in [0.05, 0.1) is 0 Å². The number of nitrogens with two attached hydrogens (primary N) is 2. The van der Waals surface area contributed by atoms with Crippen molar-refractivity contribution in [3.05, 3.63) is 0 Å². The normalized spacial score (nSPS) is 28.0. The van der Waals surface area contributed by atoms with Crippen LogP contribution < -0.4 is 11.5 Å². The van der Waals surface area contributed by atoms with Crippen LogP contribution in [0.1, 0.15) is 46.0 Å². The molecule has 2 heteroatoms. The van der Waals surface area contributed by atoms with Crippen LogP contribution in [-0.4, -0.2) is 12.1 Å². The maximum Gasteiger partial charge on any atom is 0.0244 e. The zero-order valence-corrected chi connectivity index (χ0v) is 8.34. The lowest BCUT2D eigenvalue weighted by atomic mass is 9.69.